The highest BCUT2D eigenvalue weighted by Crippen LogP contribution is 2.38. The zero-order chi connectivity index (χ0) is 30.3. The molecule has 10 heteroatoms. The monoisotopic (exact) mass is 614 g/mol. The third kappa shape index (κ3) is 5.57. The minimum atomic E-state index is -3.53. The van der Waals surface area contributed by atoms with Gasteiger partial charge < -0.3 is 19.4 Å². The second-order valence-electron chi connectivity index (χ2n) is 12.2. The van der Waals surface area contributed by atoms with Crippen LogP contribution in [0.25, 0.3) is 11.0 Å². The van der Waals surface area contributed by atoms with Crippen molar-refractivity contribution in [3.63, 3.8) is 0 Å². The van der Waals surface area contributed by atoms with Gasteiger partial charge in [0.1, 0.15) is 5.82 Å². The molecule has 1 amide bonds. The van der Waals surface area contributed by atoms with E-state index >= 15 is 0 Å². The van der Waals surface area contributed by atoms with E-state index < -0.39 is 10.0 Å². The van der Waals surface area contributed by atoms with E-state index in [4.69, 9.17) is 14.5 Å². The number of carbonyl (C=O) groups is 1. The van der Waals surface area contributed by atoms with E-state index in [1.807, 2.05) is 55.5 Å². The van der Waals surface area contributed by atoms with Gasteiger partial charge in [0.2, 0.25) is 16.8 Å². The molecule has 1 saturated heterocycles. The number of imidazole rings is 1. The van der Waals surface area contributed by atoms with E-state index in [0.717, 1.165) is 40.8 Å². The van der Waals surface area contributed by atoms with Crippen molar-refractivity contribution in [1.29, 1.82) is 0 Å². The van der Waals surface area contributed by atoms with E-state index in [-0.39, 0.29) is 18.6 Å². The Morgan fingerprint density at radius 2 is 1.66 bits per heavy atom. The first-order chi connectivity index (χ1) is 21.4. The number of hydrogen-bond acceptors (Lipinski definition) is 6. The molecule has 1 aliphatic carbocycles. The Hall–Kier alpha value is -3.89. The lowest BCUT2D eigenvalue weighted by atomic mass is 9.93. The van der Waals surface area contributed by atoms with Gasteiger partial charge in [0.05, 0.1) is 15.9 Å². The molecule has 3 aromatic carbocycles. The van der Waals surface area contributed by atoms with E-state index in [1.165, 1.54) is 19.3 Å². The minimum absolute atomic E-state index is 0.150. The normalized spacial score (nSPS) is 18.1. The van der Waals surface area contributed by atoms with Crippen LogP contribution in [-0.2, 0) is 16.6 Å². The summed E-state index contributed by atoms with van der Waals surface area (Å²) in [6.45, 7) is 3.47. The minimum Gasteiger partial charge on any atom is -0.454 e. The molecule has 1 aromatic heterocycles. The second kappa shape index (κ2) is 11.9. The van der Waals surface area contributed by atoms with Crippen molar-refractivity contribution < 1.29 is 22.7 Å². The molecule has 2 aliphatic heterocycles. The first-order valence-electron chi connectivity index (χ1n) is 15.6. The average molecular weight is 615 g/mol. The zero-order valence-electron chi connectivity index (χ0n) is 25.0. The lowest BCUT2D eigenvalue weighted by Gasteiger charge is -2.33. The smallest absolute Gasteiger partial charge is 0.251 e. The molecule has 9 nitrogen and oxygen atoms in total. The summed E-state index contributed by atoms with van der Waals surface area (Å²) >= 11 is 0. The number of nitrogens with zero attached hydrogens (tertiary/aromatic N) is 3. The number of amides is 1. The van der Waals surface area contributed by atoms with Gasteiger partial charge in [-0.3, -0.25) is 4.79 Å². The fourth-order valence-electron chi connectivity index (χ4n) is 6.82. The number of hydrogen-bond donors (Lipinski definition) is 1. The van der Waals surface area contributed by atoms with Gasteiger partial charge in [-0.25, -0.2) is 13.4 Å². The highest BCUT2D eigenvalue weighted by atomic mass is 32.2. The van der Waals surface area contributed by atoms with E-state index in [0.29, 0.717) is 60.5 Å². The largest absolute Gasteiger partial charge is 0.454 e. The van der Waals surface area contributed by atoms with Gasteiger partial charge >= 0.3 is 0 Å². The topological polar surface area (TPSA) is 103 Å². The summed E-state index contributed by atoms with van der Waals surface area (Å²) < 4.78 is 41.6. The third-order valence-corrected chi connectivity index (χ3v) is 11.2. The lowest BCUT2D eigenvalue weighted by molar-refractivity contribution is 0.0951. The molecule has 4 aromatic rings. The summed E-state index contributed by atoms with van der Waals surface area (Å²) in [6.07, 6.45) is 7.28. The Balaban J connectivity index is 1.11. The van der Waals surface area contributed by atoms with Crippen molar-refractivity contribution in [3.8, 4) is 11.5 Å². The highest BCUT2D eigenvalue weighted by molar-refractivity contribution is 7.89. The Kier molecular flexibility index (Phi) is 7.80. The van der Waals surface area contributed by atoms with Crippen LogP contribution < -0.4 is 14.8 Å². The van der Waals surface area contributed by atoms with Crippen molar-refractivity contribution in [3.05, 3.63) is 83.2 Å². The van der Waals surface area contributed by atoms with Crippen LogP contribution in [-0.4, -0.2) is 48.1 Å². The first-order valence-corrected chi connectivity index (χ1v) is 17.1. The molecule has 1 saturated carbocycles. The molecule has 3 heterocycles. The molecule has 0 spiro atoms. The van der Waals surface area contributed by atoms with E-state index in [9.17, 15) is 13.2 Å². The summed E-state index contributed by atoms with van der Waals surface area (Å²) in [7, 11) is -3.53. The molecular weight excluding hydrogens is 576 g/mol. The Bertz CT molecular complexity index is 1790. The maximum absolute atomic E-state index is 13.3. The molecule has 0 unspecified atom stereocenters. The van der Waals surface area contributed by atoms with Crippen molar-refractivity contribution in [2.75, 3.05) is 19.9 Å². The van der Waals surface area contributed by atoms with Crippen LogP contribution in [0.15, 0.2) is 65.6 Å². The number of nitrogens with one attached hydrogen (secondary N) is 1. The van der Waals surface area contributed by atoms with Gasteiger partial charge in [0.25, 0.3) is 5.91 Å². The van der Waals surface area contributed by atoms with E-state index in [1.54, 1.807) is 16.4 Å². The summed E-state index contributed by atoms with van der Waals surface area (Å²) in [4.78, 5) is 18.7. The van der Waals surface area contributed by atoms with Crippen molar-refractivity contribution in [1.82, 2.24) is 19.2 Å². The van der Waals surface area contributed by atoms with Gasteiger partial charge in [-0.05, 0) is 80.6 Å². The van der Waals surface area contributed by atoms with Gasteiger partial charge in [-0.1, -0.05) is 43.0 Å². The molecule has 0 bridgehead atoms. The summed E-state index contributed by atoms with van der Waals surface area (Å²) in [5, 5.41) is 3.02. The number of benzene rings is 3. The number of rotatable bonds is 7. The van der Waals surface area contributed by atoms with Gasteiger partial charge in [-0.2, -0.15) is 4.31 Å². The summed E-state index contributed by atoms with van der Waals surface area (Å²) in [5.74, 6) is 2.42. The number of aromatic nitrogens is 2. The SMILES string of the molecule is Cc1ccc(S(=O)(=O)N2CCC(c3nc4cc(C(=O)NCc5ccc6c(c5)OCO6)ccc4n3C3CCCCC3)CC2)cc1. The van der Waals surface area contributed by atoms with Crippen LogP contribution in [0.3, 0.4) is 0 Å². The molecule has 2 fully saturated rings. The number of fused-ring (bicyclic) bond motifs is 2. The molecular formula is C34H38N4O5S. The Morgan fingerprint density at radius 3 is 2.43 bits per heavy atom. The van der Waals surface area contributed by atoms with Gasteiger partial charge in [-0.15, -0.1) is 0 Å². The number of carbonyl (C=O) groups excluding carboxylic acids is 1. The molecule has 230 valence electrons. The average Bonchev–Trinajstić information content (AvgIpc) is 3.68. The molecule has 7 rings (SSSR count). The molecule has 1 N–H and O–H groups in total. The Labute approximate surface area is 258 Å². The van der Waals surface area contributed by atoms with Crippen molar-refractivity contribution >= 4 is 27.0 Å². The standard InChI is InChI=1S/C34H38N4O5S/c1-23-7-11-28(12-8-23)44(40,41)37-17-15-25(16-18-37)33-36-29-20-26(10-13-30(29)38(33)27-5-3-2-4-6-27)34(39)35-21-24-9-14-31-32(19-24)43-22-42-31/h7-14,19-20,25,27H,2-6,15-18,21-22H2,1H3,(H,35,39). The quantitative estimate of drug-likeness (QED) is 0.271. The van der Waals surface area contributed by atoms with Crippen LogP contribution in [0.4, 0.5) is 0 Å². The summed E-state index contributed by atoms with van der Waals surface area (Å²) in [6, 6.07) is 18.9. The molecule has 44 heavy (non-hydrogen) atoms. The number of aryl methyl sites for hydroxylation is 1. The number of ether oxygens (including phenoxy) is 2. The maximum atomic E-state index is 13.3. The zero-order valence-corrected chi connectivity index (χ0v) is 25.8. The van der Waals surface area contributed by atoms with Crippen LogP contribution in [0, 0.1) is 6.92 Å². The van der Waals surface area contributed by atoms with Crippen molar-refractivity contribution in [2.24, 2.45) is 0 Å². The maximum Gasteiger partial charge on any atom is 0.251 e. The number of sulfonamides is 1. The van der Waals surface area contributed by atoms with Crippen LogP contribution in [0.1, 0.15) is 84.2 Å². The van der Waals surface area contributed by atoms with Gasteiger partial charge in [0.15, 0.2) is 11.5 Å². The Morgan fingerprint density at radius 1 is 0.909 bits per heavy atom. The predicted octanol–water partition coefficient (Wildman–Crippen LogP) is 6.08. The fourth-order valence-corrected chi connectivity index (χ4v) is 8.29. The van der Waals surface area contributed by atoms with Gasteiger partial charge in [0, 0.05) is 37.2 Å². The van der Waals surface area contributed by atoms with Crippen LogP contribution in [0.2, 0.25) is 0 Å². The summed E-state index contributed by atoms with van der Waals surface area (Å²) in [5.41, 5.74) is 4.40. The fraction of sp³-hybridized carbons (Fsp3) is 0.412. The first kappa shape index (κ1) is 28.9. The predicted molar refractivity (Wildman–Crippen MR) is 168 cm³/mol. The van der Waals surface area contributed by atoms with Crippen LogP contribution >= 0.6 is 0 Å². The lowest BCUT2D eigenvalue weighted by Crippen LogP contribution is -2.38. The van der Waals surface area contributed by atoms with Crippen LogP contribution in [0.5, 0.6) is 11.5 Å². The number of piperidine rings is 1. The van der Waals surface area contributed by atoms with E-state index in [2.05, 4.69) is 9.88 Å². The molecule has 0 atom stereocenters. The second-order valence-corrected chi connectivity index (χ2v) is 14.1. The molecule has 0 radical (unpaired) electrons. The third-order valence-electron chi connectivity index (χ3n) is 9.29. The highest BCUT2D eigenvalue weighted by Gasteiger charge is 2.33. The molecule has 3 aliphatic rings. The van der Waals surface area contributed by atoms with Crippen molar-refractivity contribution in [2.45, 2.75) is 75.3 Å².